The normalized spacial score (nSPS) is 24.9. The minimum atomic E-state index is -1.06. The van der Waals surface area contributed by atoms with Crippen molar-refractivity contribution in [1.29, 1.82) is 0 Å². The second-order valence-corrected chi connectivity index (χ2v) is 3.45. The lowest BCUT2D eigenvalue weighted by molar-refractivity contribution is -0.0203. The van der Waals surface area contributed by atoms with Crippen molar-refractivity contribution in [2.75, 3.05) is 6.61 Å². The van der Waals surface area contributed by atoms with Crippen molar-refractivity contribution in [1.82, 2.24) is 15.0 Å². The number of nitrogens with zero attached hydrogens (tertiary/aromatic N) is 1. The van der Waals surface area contributed by atoms with Gasteiger partial charge < -0.3 is 5.11 Å². The Morgan fingerprint density at radius 3 is 3.00 bits per heavy atom. The molecule has 1 saturated heterocycles. The van der Waals surface area contributed by atoms with Gasteiger partial charge in [0.25, 0.3) is 5.56 Å². The summed E-state index contributed by atoms with van der Waals surface area (Å²) in [5.41, 5.74) is 0.675. The highest BCUT2D eigenvalue weighted by Gasteiger charge is 2.27. The average Bonchev–Trinajstić information content (AvgIpc) is 2.71. The fourth-order valence-corrected chi connectivity index (χ4v) is 1.47. The smallest absolute Gasteiger partial charge is 0.330 e. The summed E-state index contributed by atoms with van der Waals surface area (Å²) in [5, 5.41) is 8.84. The van der Waals surface area contributed by atoms with E-state index < -0.39 is 23.3 Å². The van der Waals surface area contributed by atoms with Gasteiger partial charge in [0.15, 0.2) is 6.23 Å². The molecule has 2 heterocycles. The zero-order chi connectivity index (χ0) is 11.7. The summed E-state index contributed by atoms with van der Waals surface area (Å²) in [5.74, 6) is -1.06. The maximum atomic E-state index is 13.0. The first-order valence-electron chi connectivity index (χ1n) is 4.65. The predicted octanol–water partition coefficient (Wildman–Crippen LogP) is -1.54. The number of halogens is 1. The number of rotatable bonds is 2. The van der Waals surface area contributed by atoms with Crippen LogP contribution < -0.4 is 16.7 Å². The molecule has 1 aromatic heterocycles. The van der Waals surface area contributed by atoms with Gasteiger partial charge in [-0.25, -0.2) is 4.79 Å². The van der Waals surface area contributed by atoms with Crippen LogP contribution in [0.3, 0.4) is 0 Å². The number of nitrogens with one attached hydrogen (secondary N) is 2. The maximum absolute atomic E-state index is 13.0. The molecule has 2 atom stereocenters. The van der Waals surface area contributed by atoms with E-state index in [-0.39, 0.29) is 12.6 Å². The van der Waals surface area contributed by atoms with Crippen molar-refractivity contribution in [2.24, 2.45) is 0 Å². The van der Waals surface area contributed by atoms with Crippen LogP contribution in [0.25, 0.3) is 0 Å². The van der Waals surface area contributed by atoms with E-state index in [2.05, 4.69) is 5.48 Å². The minimum absolute atomic E-state index is 0.156. The van der Waals surface area contributed by atoms with Gasteiger partial charge in [-0.3, -0.25) is 19.2 Å². The lowest BCUT2D eigenvalue weighted by Crippen LogP contribution is -2.33. The summed E-state index contributed by atoms with van der Waals surface area (Å²) in [6.07, 6.45) is 0.353. The van der Waals surface area contributed by atoms with Crippen LogP contribution in [0.4, 0.5) is 4.39 Å². The van der Waals surface area contributed by atoms with Crippen LogP contribution in [0.2, 0.25) is 0 Å². The van der Waals surface area contributed by atoms with Gasteiger partial charge in [-0.1, -0.05) is 0 Å². The number of hydrogen-bond acceptors (Lipinski definition) is 5. The van der Waals surface area contributed by atoms with Crippen molar-refractivity contribution < 1.29 is 14.3 Å². The second kappa shape index (κ2) is 4.16. The number of aromatic nitrogens is 2. The lowest BCUT2D eigenvalue weighted by Gasteiger charge is -2.10. The summed E-state index contributed by atoms with van der Waals surface area (Å²) >= 11 is 0. The molecule has 0 amide bonds. The minimum Gasteiger partial charge on any atom is -0.395 e. The molecule has 1 fully saturated rings. The second-order valence-electron chi connectivity index (χ2n) is 3.45. The number of aliphatic hydroxyl groups is 1. The number of hydrogen-bond donors (Lipinski definition) is 3. The SMILES string of the molecule is O=c1[nH]c(=O)n([C@H]2C[C@H](CO)NO2)cc1F. The van der Waals surface area contributed by atoms with Crippen LogP contribution in [-0.4, -0.2) is 27.3 Å². The molecular formula is C8H10FN3O4. The third kappa shape index (κ3) is 1.90. The number of aliphatic hydroxyl groups excluding tert-OH is 1. The van der Waals surface area contributed by atoms with Gasteiger partial charge in [0.2, 0.25) is 5.82 Å². The van der Waals surface area contributed by atoms with Gasteiger partial charge in [0, 0.05) is 6.42 Å². The zero-order valence-electron chi connectivity index (χ0n) is 8.14. The molecule has 0 spiro atoms. The maximum Gasteiger partial charge on any atom is 0.330 e. The first-order valence-corrected chi connectivity index (χ1v) is 4.65. The summed E-state index contributed by atoms with van der Waals surface area (Å²) in [4.78, 5) is 28.9. The molecule has 0 aliphatic carbocycles. The Morgan fingerprint density at radius 1 is 1.62 bits per heavy atom. The van der Waals surface area contributed by atoms with Crippen LogP contribution >= 0.6 is 0 Å². The van der Waals surface area contributed by atoms with Crippen molar-refractivity contribution >= 4 is 0 Å². The summed E-state index contributed by atoms with van der Waals surface area (Å²) in [6.45, 7) is -0.156. The Bertz CT molecular complexity index is 497. The fraction of sp³-hybridized carbons (Fsp3) is 0.500. The quantitative estimate of drug-likeness (QED) is 0.573. The highest BCUT2D eigenvalue weighted by Crippen LogP contribution is 2.18. The van der Waals surface area contributed by atoms with E-state index in [0.29, 0.717) is 6.42 Å². The average molecular weight is 231 g/mol. The first kappa shape index (κ1) is 11.0. The Labute approximate surface area is 88.4 Å². The predicted molar refractivity (Wildman–Crippen MR) is 50.0 cm³/mol. The molecule has 1 aliphatic rings. The van der Waals surface area contributed by atoms with Crippen LogP contribution in [-0.2, 0) is 4.84 Å². The van der Waals surface area contributed by atoms with Gasteiger partial charge in [-0.15, -0.1) is 0 Å². The van der Waals surface area contributed by atoms with Crippen molar-refractivity contribution in [3.05, 3.63) is 32.9 Å². The van der Waals surface area contributed by atoms with Gasteiger partial charge in [-0.05, 0) is 0 Å². The summed E-state index contributed by atoms with van der Waals surface area (Å²) in [6, 6.07) is -0.313. The molecule has 0 radical (unpaired) electrons. The molecule has 0 unspecified atom stereocenters. The molecule has 7 nitrogen and oxygen atoms in total. The molecular weight excluding hydrogens is 221 g/mol. The number of H-pyrrole nitrogens is 1. The number of hydroxylamine groups is 1. The van der Waals surface area contributed by atoms with Crippen molar-refractivity contribution in [3.63, 3.8) is 0 Å². The van der Waals surface area contributed by atoms with E-state index in [4.69, 9.17) is 9.94 Å². The molecule has 0 saturated carbocycles. The van der Waals surface area contributed by atoms with Gasteiger partial charge >= 0.3 is 5.69 Å². The Morgan fingerprint density at radius 2 is 2.38 bits per heavy atom. The zero-order valence-corrected chi connectivity index (χ0v) is 8.14. The van der Waals surface area contributed by atoms with E-state index in [0.717, 1.165) is 10.8 Å². The fourth-order valence-electron chi connectivity index (χ4n) is 1.47. The van der Waals surface area contributed by atoms with E-state index in [1.807, 2.05) is 4.98 Å². The monoisotopic (exact) mass is 231 g/mol. The van der Waals surface area contributed by atoms with Crippen LogP contribution in [0.1, 0.15) is 12.6 Å². The van der Waals surface area contributed by atoms with E-state index in [1.54, 1.807) is 0 Å². The third-order valence-electron chi connectivity index (χ3n) is 2.31. The van der Waals surface area contributed by atoms with Crippen LogP contribution in [0, 0.1) is 5.82 Å². The van der Waals surface area contributed by atoms with Crippen LogP contribution in [0.5, 0.6) is 0 Å². The van der Waals surface area contributed by atoms with Crippen LogP contribution in [0.15, 0.2) is 15.8 Å². The molecule has 2 rings (SSSR count). The van der Waals surface area contributed by atoms with Gasteiger partial charge in [-0.2, -0.15) is 9.87 Å². The molecule has 1 aromatic rings. The molecule has 3 N–H and O–H groups in total. The van der Waals surface area contributed by atoms with Gasteiger partial charge in [0.1, 0.15) is 0 Å². The third-order valence-corrected chi connectivity index (χ3v) is 2.31. The van der Waals surface area contributed by atoms with E-state index >= 15 is 0 Å². The standard InChI is InChI=1S/C8H10FN3O4/c9-5-2-12(8(15)10-7(5)14)6-1-4(3-13)11-16-6/h2,4,6,11,13H,1,3H2,(H,10,14,15)/t4-,6-/m1/s1. The molecule has 1 aliphatic heterocycles. The summed E-state index contributed by atoms with van der Waals surface area (Å²) in [7, 11) is 0. The van der Waals surface area contributed by atoms with Crippen molar-refractivity contribution in [3.8, 4) is 0 Å². The number of aromatic amines is 1. The van der Waals surface area contributed by atoms with E-state index in [1.165, 1.54) is 0 Å². The molecule has 0 bridgehead atoms. The Balaban J connectivity index is 2.32. The van der Waals surface area contributed by atoms with Crippen molar-refractivity contribution in [2.45, 2.75) is 18.7 Å². The van der Waals surface area contributed by atoms with Gasteiger partial charge in [0.05, 0.1) is 18.8 Å². The Hall–Kier alpha value is -1.51. The Kier molecular flexibility index (Phi) is 2.86. The molecule has 16 heavy (non-hydrogen) atoms. The summed E-state index contributed by atoms with van der Waals surface area (Å²) < 4.78 is 13.9. The molecule has 8 heteroatoms. The molecule has 88 valence electrons. The highest BCUT2D eigenvalue weighted by molar-refractivity contribution is 4.89. The van der Waals surface area contributed by atoms with E-state index in [9.17, 15) is 14.0 Å². The topological polar surface area (TPSA) is 96.4 Å². The molecule has 0 aromatic carbocycles. The largest absolute Gasteiger partial charge is 0.395 e. The first-order chi connectivity index (χ1) is 7.61. The highest BCUT2D eigenvalue weighted by atomic mass is 19.1. The lowest BCUT2D eigenvalue weighted by atomic mass is 10.2.